The van der Waals surface area contributed by atoms with E-state index in [0.29, 0.717) is 29.7 Å². The van der Waals surface area contributed by atoms with E-state index in [1.165, 1.54) is 0 Å². The van der Waals surface area contributed by atoms with Crippen LogP contribution in [0, 0.1) is 6.92 Å². The average Bonchev–Trinajstić information content (AvgIpc) is 2.68. The summed E-state index contributed by atoms with van der Waals surface area (Å²) in [4.78, 5) is 20.8. The Labute approximate surface area is 158 Å². The second-order valence-corrected chi connectivity index (χ2v) is 6.01. The summed E-state index contributed by atoms with van der Waals surface area (Å²) >= 11 is 0. The van der Waals surface area contributed by atoms with Gasteiger partial charge in [0.15, 0.2) is 0 Å². The monoisotopic (exact) mass is 362 g/mol. The van der Waals surface area contributed by atoms with E-state index in [9.17, 15) is 4.79 Å². The predicted octanol–water partition coefficient (Wildman–Crippen LogP) is 4.57. The highest BCUT2D eigenvalue weighted by atomic mass is 16.5. The summed E-state index contributed by atoms with van der Waals surface area (Å²) in [6.45, 7) is 4.49. The van der Waals surface area contributed by atoms with Gasteiger partial charge in [-0.15, -0.1) is 0 Å². The maximum absolute atomic E-state index is 12.2. The molecule has 6 heteroatoms. The van der Waals surface area contributed by atoms with Gasteiger partial charge in [0.25, 0.3) is 5.91 Å². The number of carbonyl (C=O) groups excluding carboxylic acids is 1. The zero-order chi connectivity index (χ0) is 19.1. The molecule has 6 nitrogen and oxygen atoms in total. The maximum atomic E-state index is 12.2. The molecule has 0 spiro atoms. The molecule has 0 saturated carbocycles. The van der Waals surface area contributed by atoms with Crippen LogP contribution in [-0.4, -0.2) is 22.5 Å². The van der Waals surface area contributed by atoms with E-state index in [4.69, 9.17) is 4.74 Å². The summed E-state index contributed by atoms with van der Waals surface area (Å²) in [5, 5.41) is 6.11. The van der Waals surface area contributed by atoms with E-state index in [2.05, 4.69) is 20.6 Å². The molecule has 0 aliphatic heterocycles. The minimum absolute atomic E-state index is 0.138. The van der Waals surface area contributed by atoms with Gasteiger partial charge in [-0.3, -0.25) is 4.79 Å². The first-order valence-corrected chi connectivity index (χ1v) is 8.86. The number of hydrogen-bond donors (Lipinski definition) is 2. The van der Waals surface area contributed by atoms with Crippen molar-refractivity contribution < 1.29 is 9.53 Å². The van der Waals surface area contributed by atoms with Crippen LogP contribution < -0.4 is 15.4 Å². The fourth-order valence-electron chi connectivity index (χ4n) is 2.46. The van der Waals surface area contributed by atoms with Crippen molar-refractivity contribution in [2.45, 2.75) is 20.3 Å². The molecule has 0 unspecified atom stereocenters. The second kappa shape index (κ2) is 8.80. The molecule has 27 heavy (non-hydrogen) atoms. The Kier molecular flexibility index (Phi) is 5.99. The molecule has 0 saturated heterocycles. The average molecular weight is 362 g/mol. The van der Waals surface area contributed by atoms with Gasteiger partial charge in [-0.05, 0) is 49.7 Å². The molecule has 2 N–H and O–H groups in total. The number of aromatic nitrogens is 2. The number of carbonyl (C=O) groups is 1. The van der Waals surface area contributed by atoms with Gasteiger partial charge in [0, 0.05) is 23.0 Å². The lowest BCUT2D eigenvalue weighted by Crippen LogP contribution is -2.11. The van der Waals surface area contributed by atoms with Crippen LogP contribution in [0.3, 0.4) is 0 Å². The van der Waals surface area contributed by atoms with Crippen LogP contribution in [0.25, 0.3) is 0 Å². The number of aryl methyl sites for hydroxylation is 1. The van der Waals surface area contributed by atoms with Crippen LogP contribution >= 0.6 is 0 Å². The third-order valence-electron chi connectivity index (χ3n) is 3.72. The van der Waals surface area contributed by atoms with Gasteiger partial charge in [0.05, 0.1) is 6.61 Å². The van der Waals surface area contributed by atoms with Gasteiger partial charge in [0.1, 0.15) is 11.6 Å². The van der Waals surface area contributed by atoms with E-state index in [1.807, 2.05) is 56.3 Å². The van der Waals surface area contributed by atoms with Gasteiger partial charge >= 0.3 is 0 Å². The third kappa shape index (κ3) is 5.28. The van der Waals surface area contributed by atoms with Crippen LogP contribution in [0.1, 0.15) is 29.5 Å². The standard InChI is InChI=1S/C21H22N4O2/c1-3-13-27-20-14-19(22-15(2)23-20)24-17-9-11-18(12-10-17)25-21(26)16-7-5-4-6-8-16/h4-12,14H,3,13H2,1-2H3,(H,25,26)(H,22,23,24). The SMILES string of the molecule is CCCOc1cc(Nc2ccc(NC(=O)c3ccccc3)cc2)nc(C)n1. The Morgan fingerprint density at radius 3 is 2.41 bits per heavy atom. The molecule has 3 aromatic rings. The van der Waals surface area contributed by atoms with Crippen molar-refractivity contribution in [3.05, 3.63) is 72.1 Å². The Balaban J connectivity index is 1.65. The lowest BCUT2D eigenvalue weighted by molar-refractivity contribution is 0.102. The van der Waals surface area contributed by atoms with Crippen molar-refractivity contribution >= 4 is 23.1 Å². The molecule has 0 atom stereocenters. The molecular formula is C21H22N4O2. The summed E-state index contributed by atoms with van der Waals surface area (Å²) < 4.78 is 5.58. The fraction of sp³-hybridized carbons (Fsp3) is 0.190. The van der Waals surface area contributed by atoms with Gasteiger partial charge < -0.3 is 15.4 Å². The first-order valence-electron chi connectivity index (χ1n) is 8.86. The largest absolute Gasteiger partial charge is 0.478 e. The van der Waals surface area contributed by atoms with Gasteiger partial charge in [0.2, 0.25) is 5.88 Å². The number of anilines is 3. The first-order chi connectivity index (χ1) is 13.1. The molecule has 138 valence electrons. The quantitative estimate of drug-likeness (QED) is 0.644. The van der Waals surface area contributed by atoms with E-state index in [0.717, 1.165) is 17.8 Å². The van der Waals surface area contributed by atoms with Crippen molar-refractivity contribution in [1.29, 1.82) is 0 Å². The maximum Gasteiger partial charge on any atom is 0.255 e. The molecule has 0 fully saturated rings. The number of nitrogens with one attached hydrogen (secondary N) is 2. The molecule has 1 heterocycles. The molecule has 0 bridgehead atoms. The van der Waals surface area contributed by atoms with E-state index < -0.39 is 0 Å². The van der Waals surface area contributed by atoms with Crippen LogP contribution in [0.2, 0.25) is 0 Å². The van der Waals surface area contributed by atoms with Crippen molar-refractivity contribution in [3.63, 3.8) is 0 Å². The molecule has 0 aliphatic carbocycles. The Morgan fingerprint density at radius 1 is 1.00 bits per heavy atom. The number of rotatable bonds is 7. The fourth-order valence-corrected chi connectivity index (χ4v) is 2.46. The second-order valence-electron chi connectivity index (χ2n) is 6.01. The smallest absolute Gasteiger partial charge is 0.255 e. The predicted molar refractivity (Wildman–Crippen MR) is 107 cm³/mol. The Hall–Kier alpha value is -3.41. The molecule has 3 rings (SSSR count). The number of amides is 1. The third-order valence-corrected chi connectivity index (χ3v) is 3.72. The van der Waals surface area contributed by atoms with Gasteiger partial charge in [-0.2, -0.15) is 4.98 Å². The molecule has 1 amide bonds. The topological polar surface area (TPSA) is 76.1 Å². The lowest BCUT2D eigenvalue weighted by atomic mass is 10.2. The summed E-state index contributed by atoms with van der Waals surface area (Å²) in [5.74, 6) is 1.71. The number of benzene rings is 2. The Morgan fingerprint density at radius 2 is 1.70 bits per heavy atom. The number of nitrogens with zero attached hydrogens (tertiary/aromatic N) is 2. The Bertz CT molecular complexity index is 896. The minimum Gasteiger partial charge on any atom is -0.478 e. The summed E-state index contributed by atoms with van der Waals surface area (Å²) in [6, 6.07) is 18.3. The van der Waals surface area contributed by atoms with Crippen molar-refractivity contribution in [3.8, 4) is 5.88 Å². The highest BCUT2D eigenvalue weighted by Gasteiger charge is 2.06. The number of hydrogen-bond acceptors (Lipinski definition) is 5. The van der Waals surface area contributed by atoms with E-state index in [-0.39, 0.29) is 5.91 Å². The highest BCUT2D eigenvalue weighted by Crippen LogP contribution is 2.21. The zero-order valence-electron chi connectivity index (χ0n) is 15.4. The first kappa shape index (κ1) is 18.4. The summed E-state index contributed by atoms with van der Waals surface area (Å²) in [5.41, 5.74) is 2.20. The number of ether oxygens (including phenoxy) is 1. The van der Waals surface area contributed by atoms with Gasteiger partial charge in [-0.1, -0.05) is 25.1 Å². The molecule has 2 aromatic carbocycles. The molecule has 0 aliphatic rings. The van der Waals surface area contributed by atoms with E-state index >= 15 is 0 Å². The van der Waals surface area contributed by atoms with Crippen LogP contribution in [0.15, 0.2) is 60.7 Å². The lowest BCUT2D eigenvalue weighted by Gasteiger charge is -2.10. The van der Waals surface area contributed by atoms with E-state index in [1.54, 1.807) is 18.2 Å². The zero-order valence-corrected chi connectivity index (χ0v) is 15.4. The van der Waals surface area contributed by atoms with Crippen molar-refractivity contribution in [2.75, 3.05) is 17.2 Å². The van der Waals surface area contributed by atoms with Crippen LogP contribution in [-0.2, 0) is 0 Å². The summed E-state index contributed by atoms with van der Waals surface area (Å²) in [6.07, 6.45) is 0.919. The van der Waals surface area contributed by atoms with Crippen LogP contribution in [0.5, 0.6) is 5.88 Å². The molecular weight excluding hydrogens is 340 g/mol. The molecule has 0 radical (unpaired) electrons. The van der Waals surface area contributed by atoms with Crippen molar-refractivity contribution in [2.24, 2.45) is 0 Å². The van der Waals surface area contributed by atoms with Crippen molar-refractivity contribution in [1.82, 2.24) is 9.97 Å². The molecule has 1 aromatic heterocycles. The normalized spacial score (nSPS) is 10.3. The minimum atomic E-state index is -0.138. The van der Waals surface area contributed by atoms with Gasteiger partial charge in [-0.25, -0.2) is 4.98 Å². The van der Waals surface area contributed by atoms with Crippen LogP contribution in [0.4, 0.5) is 17.2 Å². The highest BCUT2D eigenvalue weighted by molar-refractivity contribution is 6.04. The summed E-state index contributed by atoms with van der Waals surface area (Å²) in [7, 11) is 0.